The van der Waals surface area contributed by atoms with Gasteiger partial charge in [-0.2, -0.15) is 0 Å². The van der Waals surface area contributed by atoms with E-state index in [2.05, 4.69) is 10.6 Å². The maximum Gasteiger partial charge on any atom is 0.264 e. The van der Waals surface area contributed by atoms with E-state index in [1.54, 1.807) is 36.4 Å². The number of halogens is 6. The first kappa shape index (κ1) is 29.2. The van der Waals surface area contributed by atoms with Gasteiger partial charge in [0.2, 0.25) is 5.82 Å². The number of nitrogens with one attached hydrogen (secondary N) is 2. The van der Waals surface area contributed by atoms with Crippen LogP contribution in [0.25, 0.3) is 0 Å². The van der Waals surface area contributed by atoms with Crippen LogP contribution < -0.4 is 29.9 Å². The first-order valence-electron chi connectivity index (χ1n) is 11.7. The molecule has 0 atom stereocenters. The number of rotatable bonds is 6. The molecule has 3 aromatic rings. The lowest BCUT2D eigenvalue weighted by Crippen LogP contribution is -2.47. The number of benzene rings is 3. The Bertz CT molecular complexity index is 1420. The molecule has 212 valence electrons. The lowest BCUT2D eigenvalue weighted by atomic mass is 10.1. The summed E-state index contributed by atoms with van der Waals surface area (Å²) in [5.41, 5.74) is 0.252. The second kappa shape index (κ2) is 12.1. The van der Waals surface area contributed by atoms with E-state index in [1.165, 1.54) is 14.2 Å². The summed E-state index contributed by atoms with van der Waals surface area (Å²) in [6.45, 7) is 0.358. The Balaban J connectivity index is 1.41. The van der Waals surface area contributed by atoms with Gasteiger partial charge in [-0.05, 0) is 42.5 Å². The number of amides is 1. The number of hydrogen-bond donors (Lipinski definition) is 2. The van der Waals surface area contributed by atoms with Crippen molar-refractivity contribution >= 4 is 51.9 Å². The molecule has 7 nitrogen and oxygen atoms in total. The minimum absolute atomic E-state index is 0.0156. The molecule has 14 heteroatoms. The van der Waals surface area contributed by atoms with Crippen molar-refractivity contribution in [3.63, 3.8) is 0 Å². The predicted molar refractivity (Wildman–Crippen MR) is 145 cm³/mol. The molecular weight excluding hydrogens is 579 g/mol. The van der Waals surface area contributed by atoms with Crippen LogP contribution in [-0.4, -0.2) is 51.4 Å². The fraction of sp³-hybridized carbons (Fsp3) is 0.231. The van der Waals surface area contributed by atoms with Crippen LogP contribution in [0.2, 0.25) is 5.02 Å². The van der Waals surface area contributed by atoms with Crippen LogP contribution in [0, 0.1) is 29.1 Å². The van der Waals surface area contributed by atoms with Gasteiger partial charge in [0.15, 0.2) is 28.4 Å². The molecule has 4 rings (SSSR count). The highest BCUT2D eigenvalue weighted by Gasteiger charge is 2.31. The van der Waals surface area contributed by atoms with Crippen molar-refractivity contribution in [3.05, 3.63) is 76.1 Å². The molecule has 1 aliphatic heterocycles. The largest absolute Gasteiger partial charge is 0.496 e. The van der Waals surface area contributed by atoms with Gasteiger partial charge in [-0.25, -0.2) is 22.0 Å². The summed E-state index contributed by atoms with van der Waals surface area (Å²) >= 11 is 11.7. The smallest absolute Gasteiger partial charge is 0.264 e. The van der Waals surface area contributed by atoms with Gasteiger partial charge >= 0.3 is 0 Å². The molecule has 0 bridgehead atoms. The normalized spacial score (nSPS) is 13.2. The maximum absolute atomic E-state index is 14.2. The predicted octanol–water partition coefficient (Wildman–Crippen LogP) is 5.51. The van der Waals surface area contributed by atoms with E-state index in [9.17, 15) is 26.7 Å². The van der Waals surface area contributed by atoms with E-state index < -0.39 is 40.7 Å². The van der Waals surface area contributed by atoms with E-state index >= 15 is 0 Å². The Kier molecular flexibility index (Phi) is 8.84. The Hall–Kier alpha value is -3.84. The molecule has 1 amide bonds. The first-order valence-corrected chi connectivity index (χ1v) is 12.5. The lowest BCUT2D eigenvalue weighted by molar-refractivity contribution is 0.0971. The Morgan fingerprint density at radius 3 is 1.90 bits per heavy atom. The van der Waals surface area contributed by atoms with Gasteiger partial charge in [-0.1, -0.05) is 17.7 Å². The Labute approximate surface area is 236 Å². The first-order chi connectivity index (χ1) is 19.1. The molecule has 0 spiro atoms. The van der Waals surface area contributed by atoms with Crippen LogP contribution in [0.1, 0.15) is 10.4 Å². The molecular formula is C26H22ClF5N4O3S. The highest BCUT2D eigenvalue weighted by atomic mass is 35.5. The topological polar surface area (TPSA) is 66.1 Å². The van der Waals surface area contributed by atoms with Gasteiger partial charge in [0.25, 0.3) is 5.91 Å². The van der Waals surface area contributed by atoms with E-state index in [1.807, 2.05) is 4.90 Å². The summed E-state index contributed by atoms with van der Waals surface area (Å²) in [5.74, 6) is -9.87. The minimum Gasteiger partial charge on any atom is -0.496 e. The Morgan fingerprint density at radius 2 is 1.38 bits per heavy atom. The highest BCUT2D eigenvalue weighted by molar-refractivity contribution is 7.80. The molecule has 0 aromatic heterocycles. The van der Waals surface area contributed by atoms with Crippen LogP contribution in [0.4, 0.5) is 39.0 Å². The van der Waals surface area contributed by atoms with E-state index in [0.717, 1.165) is 4.90 Å². The number of carbonyl (C=O) groups is 1. The van der Waals surface area contributed by atoms with Crippen molar-refractivity contribution in [2.75, 3.05) is 55.5 Å². The van der Waals surface area contributed by atoms with Gasteiger partial charge in [-0.3, -0.25) is 10.1 Å². The molecule has 0 radical (unpaired) electrons. The van der Waals surface area contributed by atoms with Crippen LogP contribution in [0.5, 0.6) is 11.5 Å². The SMILES string of the molecule is COc1cccc(OC)c1C(=O)NC(=S)Nc1ccc(N2CCN(c3c(F)c(F)c(F)c(F)c3F)CC2)c(Cl)c1. The molecule has 3 aromatic carbocycles. The zero-order chi connectivity index (χ0) is 29.1. The van der Waals surface area contributed by atoms with Crippen LogP contribution in [-0.2, 0) is 0 Å². The van der Waals surface area contributed by atoms with Crippen LogP contribution in [0.15, 0.2) is 36.4 Å². The van der Waals surface area contributed by atoms with Gasteiger partial charge in [-0.15, -0.1) is 0 Å². The molecule has 0 unspecified atom stereocenters. The average Bonchev–Trinajstić information content (AvgIpc) is 2.95. The van der Waals surface area contributed by atoms with E-state index in [-0.39, 0.29) is 36.9 Å². The third-order valence-electron chi connectivity index (χ3n) is 6.21. The van der Waals surface area contributed by atoms with Crippen molar-refractivity contribution in [1.82, 2.24) is 5.32 Å². The fourth-order valence-corrected chi connectivity index (χ4v) is 4.80. The number of hydrogen-bond acceptors (Lipinski definition) is 6. The lowest BCUT2D eigenvalue weighted by Gasteiger charge is -2.38. The van der Waals surface area contributed by atoms with Crippen molar-refractivity contribution in [1.29, 1.82) is 0 Å². The minimum atomic E-state index is -2.20. The molecule has 40 heavy (non-hydrogen) atoms. The summed E-state index contributed by atoms with van der Waals surface area (Å²) in [6.07, 6.45) is 0. The number of methoxy groups -OCH3 is 2. The third kappa shape index (κ3) is 5.70. The summed E-state index contributed by atoms with van der Waals surface area (Å²) in [7, 11) is 2.84. The Morgan fingerprint density at radius 1 is 0.850 bits per heavy atom. The summed E-state index contributed by atoms with van der Waals surface area (Å²) in [5, 5.41) is 5.71. The summed E-state index contributed by atoms with van der Waals surface area (Å²) in [6, 6.07) is 9.78. The number of thiocarbonyl (C=S) groups is 1. The monoisotopic (exact) mass is 600 g/mol. The van der Waals surface area contributed by atoms with Gasteiger partial charge in [0.05, 0.1) is 24.9 Å². The van der Waals surface area contributed by atoms with Gasteiger partial charge in [0, 0.05) is 31.9 Å². The molecule has 0 saturated carbocycles. The summed E-state index contributed by atoms with van der Waals surface area (Å²) in [4.78, 5) is 15.7. The zero-order valence-electron chi connectivity index (χ0n) is 21.1. The van der Waals surface area contributed by atoms with E-state index in [0.29, 0.717) is 27.9 Å². The second-order valence-corrected chi connectivity index (χ2v) is 9.32. The fourth-order valence-electron chi connectivity index (χ4n) is 4.29. The summed E-state index contributed by atoms with van der Waals surface area (Å²) < 4.78 is 79.6. The van der Waals surface area contributed by atoms with Crippen molar-refractivity contribution in [2.24, 2.45) is 0 Å². The molecule has 1 aliphatic rings. The van der Waals surface area contributed by atoms with Crippen molar-refractivity contribution in [3.8, 4) is 11.5 Å². The quantitative estimate of drug-likeness (QED) is 0.168. The second-order valence-electron chi connectivity index (χ2n) is 8.50. The third-order valence-corrected chi connectivity index (χ3v) is 6.72. The number of nitrogens with zero attached hydrogens (tertiary/aromatic N) is 2. The zero-order valence-corrected chi connectivity index (χ0v) is 22.7. The van der Waals surface area contributed by atoms with Gasteiger partial charge < -0.3 is 24.6 Å². The number of carbonyl (C=O) groups excluding carboxylic acids is 1. The van der Waals surface area contributed by atoms with Crippen LogP contribution in [0.3, 0.4) is 0 Å². The molecule has 2 N–H and O–H groups in total. The number of anilines is 3. The molecule has 1 saturated heterocycles. The molecule has 1 heterocycles. The maximum atomic E-state index is 14.2. The number of ether oxygens (including phenoxy) is 2. The standard InChI is InChI=1S/C26H22ClF5N4O3S/c1-38-16-4-3-5-17(39-2)18(16)25(37)34-26(40)33-13-6-7-15(14(27)12-13)35-8-10-36(11-9-35)24-22(31)20(29)19(28)21(30)23(24)32/h3-7,12H,8-11H2,1-2H3,(H2,33,34,37,40). The van der Waals surface area contributed by atoms with E-state index in [4.69, 9.17) is 33.3 Å². The van der Waals surface area contributed by atoms with Crippen molar-refractivity contribution < 1.29 is 36.2 Å². The molecule has 0 aliphatic carbocycles. The number of piperazine rings is 1. The molecule has 1 fully saturated rings. The van der Waals surface area contributed by atoms with Crippen LogP contribution >= 0.6 is 23.8 Å². The van der Waals surface area contributed by atoms with Gasteiger partial charge in [0.1, 0.15) is 22.7 Å². The average molecular weight is 601 g/mol. The highest BCUT2D eigenvalue weighted by Crippen LogP contribution is 2.34. The van der Waals surface area contributed by atoms with Crippen molar-refractivity contribution in [2.45, 2.75) is 0 Å².